The minimum Gasteiger partial charge on any atom is -0.355 e. The normalized spacial score (nSPS) is 12.3. The first-order valence-corrected chi connectivity index (χ1v) is 7.90. The lowest BCUT2D eigenvalue weighted by Gasteiger charge is -2.09. The maximum absolute atomic E-state index is 12.2. The molecule has 0 saturated carbocycles. The fourth-order valence-corrected chi connectivity index (χ4v) is 2.72. The van der Waals surface area contributed by atoms with Crippen molar-refractivity contribution >= 4 is 17.2 Å². The molecule has 114 valence electrons. The highest BCUT2D eigenvalue weighted by Gasteiger charge is 2.18. The zero-order chi connectivity index (χ0) is 15.5. The van der Waals surface area contributed by atoms with Crippen molar-refractivity contribution in [1.82, 2.24) is 20.3 Å². The number of thiophene rings is 1. The van der Waals surface area contributed by atoms with Crippen molar-refractivity contribution in [3.8, 4) is 10.6 Å². The second-order valence-electron chi connectivity index (χ2n) is 4.85. The summed E-state index contributed by atoms with van der Waals surface area (Å²) in [6, 6.07) is 7.20. The summed E-state index contributed by atoms with van der Waals surface area (Å²) in [4.78, 5) is 13.2. The molecule has 0 aliphatic heterocycles. The van der Waals surface area contributed by atoms with Gasteiger partial charge in [0, 0.05) is 18.8 Å². The van der Waals surface area contributed by atoms with Crippen molar-refractivity contribution in [1.29, 1.82) is 0 Å². The molecule has 0 fully saturated rings. The van der Waals surface area contributed by atoms with E-state index in [1.165, 1.54) is 11.3 Å². The van der Waals surface area contributed by atoms with Crippen LogP contribution in [0.15, 0.2) is 40.4 Å². The first kappa shape index (κ1) is 14.5. The maximum Gasteiger partial charge on any atom is 0.274 e. The van der Waals surface area contributed by atoms with E-state index in [0.717, 1.165) is 17.1 Å². The molecular formula is C15H16N4O2S. The van der Waals surface area contributed by atoms with Crippen LogP contribution in [-0.2, 0) is 6.54 Å². The molecule has 7 heteroatoms. The van der Waals surface area contributed by atoms with E-state index in [2.05, 4.69) is 15.6 Å². The van der Waals surface area contributed by atoms with Crippen LogP contribution >= 0.6 is 11.3 Å². The van der Waals surface area contributed by atoms with Gasteiger partial charge >= 0.3 is 0 Å². The van der Waals surface area contributed by atoms with E-state index in [1.54, 1.807) is 6.07 Å². The van der Waals surface area contributed by atoms with Crippen LogP contribution in [-0.4, -0.2) is 20.8 Å². The van der Waals surface area contributed by atoms with Gasteiger partial charge in [0.25, 0.3) is 5.91 Å². The van der Waals surface area contributed by atoms with Gasteiger partial charge in [0.15, 0.2) is 11.5 Å². The Hall–Kier alpha value is -2.41. The van der Waals surface area contributed by atoms with Crippen molar-refractivity contribution in [2.75, 3.05) is 0 Å². The second kappa shape index (κ2) is 6.15. The van der Waals surface area contributed by atoms with Crippen LogP contribution in [0.2, 0.25) is 0 Å². The minimum absolute atomic E-state index is 0.192. The number of amides is 1. The summed E-state index contributed by atoms with van der Waals surface area (Å²) in [5.41, 5.74) is 1.09. The van der Waals surface area contributed by atoms with E-state index in [-0.39, 0.29) is 17.6 Å². The molecule has 0 bridgehead atoms. The fourth-order valence-electron chi connectivity index (χ4n) is 2.05. The molecule has 0 aromatic carbocycles. The van der Waals surface area contributed by atoms with Crippen LogP contribution in [0.4, 0.5) is 0 Å². The average molecular weight is 316 g/mol. The van der Waals surface area contributed by atoms with Gasteiger partial charge in [-0.2, -0.15) is 5.10 Å². The minimum atomic E-state index is -0.273. The van der Waals surface area contributed by atoms with Gasteiger partial charge in [-0.3, -0.25) is 9.48 Å². The van der Waals surface area contributed by atoms with Crippen molar-refractivity contribution in [3.63, 3.8) is 0 Å². The lowest BCUT2D eigenvalue weighted by Crippen LogP contribution is -2.27. The number of aromatic nitrogens is 3. The first-order valence-electron chi connectivity index (χ1n) is 7.02. The number of hydrogen-bond acceptors (Lipinski definition) is 5. The molecule has 22 heavy (non-hydrogen) atoms. The molecule has 3 rings (SSSR count). The van der Waals surface area contributed by atoms with Gasteiger partial charge in [0.05, 0.1) is 16.6 Å². The smallest absolute Gasteiger partial charge is 0.274 e. The summed E-state index contributed by atoms with van der Waals surface area (Å²) in [6.07, 6.45) is 1.89. The van der Waals surface area contributed by atoms with E-state index in [1.807, 2.05) is 48.3 Å². The summed E-state index contributed by atoms with van der Waals surface area (Å²) in [5, 5.41) is 13.0. The monoisotopic (exact) mass is 316 g/mol. The maximum atomic E-state index is 12.2. The fraction of sp³-hybridized carbons (Fsp3) is 0.267. The Morgan fingerprint density at radius 1 is 1.50 bits per heavy atom. The molecule has 0 radical (unpaired) electrons. The summed E-state index contributed by atoms with van der Waals surface area (Å²) in [6.45, 7) is 4.70. The van der Waals surface area contributed by atoms with Crippen LogP contribution in [0.1, 0.15) is 36.1 Å². The topological polar surface area (TPSA) is 73.0 Å². The molecule has 1 unspecified atom stereocenters. The molecule has 0 aliphatic carbocycles. The second-order valence-corrected chi connectivity index (χ2v) is 5.79. The Balaban J connectivity index is 1.69. The van der Waals surface area contributed by atoms with Gasteiger partial charge in [-0.25, -0.2) is 0 Å². The average Bonchev–Trinajstić information content (AvgIpc) is 3.25. The van der Waals surface area contributed by atoms with Crippen molar-refractivity contribution in [2.45, 2.75) is 26.4 Å². The van der Waals surface area contributed by atoms with Crippen LogP contribution in [0.3, 0.4) is 0 Å². The highest BCUT2D eigenvalue weighted by molar-refractivity contribution is 7.13. The summed E-state index contributed by atoms with van der Waals surface area (Å²) >= 11 is 1.54. The van der Waals surface area contributed by atoms with E-state index in [0.29, 0.717) is 5.76 Å². The zero-order valence-corrected chi connectivity index (χ0v) is 13.1. The predicted molar refractivity (Wildman–Crippen MR) is 83.6 cm³/mol. The third-order valence-electron chi connectivity index (χ3n) is 3.28. The van der Waals surface area contributed by atoms with Gasteiger partial charge in [-0.15, -0.1) is 11.3 Å². The number of rotatable bonds is 5. The van der Waals surface area contributed by atoms with E-state index in [9.17, 15) is 4.79 Å². The van der Waals surface area contributed by atoms with Gasteiger partial charge in [-0.05, 0) is 31.4 Å². The Kier molecular flexibility index (Phi) is 4.06. The quantitative estimate of drug-likeness (QED) is 0.785. The van der Waals surface area contributed by atoms with Crippen molar-refractivity contribution in [3.05, 3.63) is 47.2 Å². The molecule has 3 heterocycles. The highest BCUT2D eigenvalue weighted by Crippen LogP contribution is 2.25. The summed E-state index contributed by atoms with van der Waals surface area (Å²) < 4.78 is 7.04. The lowest BCUT2D eigenvalue weighted by atomic mass is 10.2. The Bertz CT molecular complexity index is 760. The highest BCUT2D eigenvalue weighted by atomic mass is 32.1. The number of hydrogen-bond donors (Lipinski definition) is 1. The molecule has 1 atom stereocenters. The molecule has 0 spiro atoms. The van der Waals surface area contributed by atoms with Gasteiger partial charge in [0.1, 0.15) is 0 Å². The molecule has 1 N–H and O–H groups in total. The van der Waals surface area contributed by atoms with Gasteiger partial charge in [-0.1, -0.05) is 11.2 Å². The molecule has 1 amide bonds. The Morgan fingerprint density at radius 2 is 2.36 bits per heavy atom. The summed E-state index contributed by atoms with van der Waals surface area (Å²) in [5.74, 6) is 0.327. The third kappa shape index (κ3) is 2.94. The molecular weight excluding hydrogens is 300 g/mol. The van der Waals surface area contributed by atoms with Crippen LogP contribution in [0.5, 0.6) is 0 Å². The van der Waals surface area contributed by atoms with Crippen LogP contribution < -0.4 is 5.32 Å². The van der Waals surface area contributed by atoms with E-state index < -0.39 is 0 Å². The first-order chi connectivity index (χ1) is 10.7. The van der Waals surface area contributed by atoms with Crippen molar-refractivity contribution < 1.29 is 9.32 Å². The zero-order valence-electron chi connectivity index (χ0n) is 12.3. The van der Waals surface area contributed by atoms with Gasteiger partial charge in [0.2, 0.25) is 0 Å². The SMILES string of the molecule is CCn1ccc(C(C)NC(=O)c2cc(-c3cccs3)on2)n1. The third-order valence-corrected chi connectivity index (χ3v) is 4.17. The standard InChI is InChI=1S/C15H16N4O2S/c1-3-19-7-6-11(17-19)10(2)16-15(20)12-9-13(21-18-12)14-5-4-8-22-14/h4-10H,3H2,1-2H3,(H,16,20). The molecule has 3 aromatic rings. The number of nitrogens with one attached hydrogen (secondary N) is 1. The molecule has 3 aromatic heterocycles. The number of carbonyl (C=O) groups is 1. The molecule has 6 nitrogen and oxygen atoms in total. The Morgan fingerprint density at radius 3 is 3.05 bits per heavy atom. The number of carbonyl (C=O) groups excluding carboxylic acids is 1. The van der Waals surface area contributed by atoms with Crippen LogP contribution in [0.25, 0.3) is 10.6 Å². The van der Waals surface area contributed by atoms with E-state index in [4.69, 9.17) is 4.52 Å². The number of aryl methyl sites for hydroxylation is 1. The van der Waals surface area contributed by atoms with E-state index >= 15 is 0 Å². The molecule has 0 saturated heterocycles. The van der Waals surface area contributed by atoms with Gasteiger partial charge < -0.3 is 9.84 Å². The predicted octanol–water partition coefficient (Wildman–Crippen LogP) is 3.11. The molecule has 0 aliphatic rings. The number of nitrogens with zero attached hydrogens (tertiary/aromatic N) is 3. The summed E-state index contributed by atoms with van der Waals surface area (Å²) in [7, 11) is 0. The van der Waals surface area contributed by atoms with Crippen molar-refractivity contribution in [2.24, 2.45) is 0 Å². The lowest BCUT2D eigenvalue weighted by molar-refractivity contribution is 0.0930. The van der Waals surface area contributed by atoms with Crippen LogP contribution in [0, 0.1) is 0 Å². The Labute approximate surface area is 131 Å². The largest absolute Gasteiger partial charge is 0.355 e.